The molecule has 0 amide bonds. The first-order chi connectivity index (χ1) is 16.1. The number of nitrogens with zero attached hydrogens (tertiary/aromatic N) is 5. The standard InChI is InChI=1S/C24H27N5O4/c1-31-21-19(12-27-23(28-21)32-2)24(30)9-8-17-14-29(15-20(17)24)13-16-4-6-18(7-5-16)33-22-25-10-3-11-26-22/h3-7,10-12,17,20,30H,8-9,13-15H2,1-2H3/t17-,20+,24+/m1/s1. The minimum atomic E-state index is -1.01. The molecule has 1 N–H and O–H groups in total. The third kappa shape index (κ3) is 4.21. The van der Waals surface area contributed by atoms with Crippen molar-refractivity contribution in [3.8, 4) is 23.7 Å². The van der Waals surface area contributed by atoms with Crippen LogP contribution in [0.3, 0.4) is 0 Å². The summed E-state index contributed by atoms with van der Waals surface area (Å²) in [4.78, 5) is 19.1. The fourth-order valence-corrected chi connectivity index (χ4v) is 5.11. The van der Waals surface area contributed by atoms with Gasteiger partial charge in [-0.05, 0) is 42.5 Å². The van der Waals surface area contributed by atoms with Gasteiger partial charge in [-0.1, -0.05) is 12.1 Å². The Balaban J connectivity index is 1.27. The Kier molecular flexibility index (Phi) is 5.82. The maximum Gasteiger partial charge on any atom is 0.321 e. The van der Waals surface area contributed by atoms with Crippen LogP contribution in [0.25, 0.3) is 0 Å². The highest BCUT2D eigenvalue weighted by molar-refractivity contribution is 5.34. The van der Waals surface area contributed by atoms with Crippen molar-refractivity contribution >= 4 is 0 Å². The topological polar surface area (TPSA) is 103 Å². The zero-order valence-corrected chi connectivity index (χ0v) is 18.7. The van der Waals surface area contributed by atoms with Crippen molar-refractivity contribution in [1.82, 2.24) is 24.8 Å². The molecule has 0 bridgehead atoms. The van der Waals surface area contributed by atoms with Crippen LogP contribution in [-0.4, -0.2) is 57.3 Å². The zero-order chi connectivity index (χ0) is 22.8. The molecule has 2 aromatic heterocycles. The molecule has 2 fully saturated rings. The number of hydrogen-bond acceptors (Lipinski definition) is 9. The van der Waals surface area contributed by atoms with Gasteiger partial charge in [0.1, 0.15) is 11.4 Å². The summed E-state index contributed by atoms with van der Waals surface area (Å²) in [7, 11) is 3.07. The SMILES string of the molecule is COc1ncc([C@@]2(O)CC[C@@H]3CN(Cc4ccc(Oc5ncccn5)cc4)C[C@@H]32)c(OC)n1. The van der Waals surface area contributed by atoms with Crippen molar-refractivity contribution in [2.75, 3.05) is 27.3 Å². The summed E-state index contributed by atoms with van der Waals surface area (Å²) < 4.78 is 16.3. The van der Waals surface area contributed by atoms with Crippen LogP contribution in [0, 0.1) is 11.8 Å². The molecule has 1 aromatic carbocycles. The number of aliphatic hydroxyl groups is 1. The van der Waals surface area contributed by atoms with E-state index in [0.29, 0.717) is 35.5 Å². The molecule has 33 heavy (non-hydrogen) atoms. The molecule has 1 saturated carbocycles. The second-order valence-electron chi connectivity index (χ2n) is 8.58. The smallest absolute Gasteiger partial charge is 0.321 e. The van der Waals surface area contributed by atoms with Gasteiger partial charge in [0.15, 0.2) is 0 Å². The molecule has 3 heterocycles. The van der Waals surface area contributed by atoms with Gasteiger partial charge in [0.05, 0.1) is 19.8 Å². The van der Waals surface area contributed by atoms with E-state index in [-0.39, 0.29) is 11.9 Å². The summed E-state index contributed by atoms with van der Waals surface area (Å²) in [5, 5.41) is 11.7. The van der Waals surface area contributed by atoms with Crippen molar-refractivity contribution in [2.45, 2.75) is 25.0 Å². The summed E-state index contributed by atoms with van der Waals surface area (Å²) in [6.07, 6.45) is 6.57. The molecule has 5 rings (SSSR count). The second kappa shape index (κ2) is 8.92. The lowest BCUT2D eigenvalue weighted by molar-refractivity contribution is -0.00972. The van der Waals surface area contributed by atoms with Crippen LogP contribution in [0.15, 0.2) is 48.9 Å². The van der Waals surface area contributed by atoms with E-state index in [1.165, 1.54) is 12.7 Å². The molecule has 9 heteroatoms. The lowest BCUT2D eigenvalue weighted by Crippen LogP contribution is -2.35. The van der Waals surface area contributed by atoms with Crippen molar-refractivity contribution in [1.29, 1.82) is 0 Å². The Labute approximate surface area is 192 Å². The van der Waals surface area contributed by atoms with Crippen LogP contribution < -0.4 is 14.2 Å². The summed E-state index contributed by atoms with van der Waals surface area (Å²) in [6, 6.07) is 10.3. The van der Waals surface area contributed by atoms with Gasteiger partial charge in [-0.3, -0.25) is 4.90 Å². The predicted octanol–water partition coefficient (Wildman–Crippen LogP) is 2.81. The summed E-state index contributed by atoms with van der Waals surface area (Å²) in [5.41, 5.74) is 0.819. The number of ether oxygens (including phenoxy) is 3. The van der Waals surface area contributed by atoms with E-state index in [1.807, 2.05) is 12.1 Å². The van der Waals surface area contributed by atoms with E-state index in [0.717, 1.165) is 26.1 Å². The Morgan fingerprint density at radius 3 is 2.55 bits per heavy atom. The molecule has 3 aromatic rings. The number of likely N-dealkylation sites (tertiary alicyclic amines) is 1. The average molecular weight is 450 g/mol. The van der Waals surface area contributed by atoms with Crippen molar-refractivity contribution < 1.29 is 19.3 Å². The molecular weight excluding hydrogens is 422 g/mol. The molecule has 0 radical (unpaired) electrons. The van der Waals surface area contributed by atoms with Gasteiger partial charge in [-0.25, -0.2) is 15.0 Å². The first-order valence-corrected chi connectivity index (χ1v) is 11.0. The molecule has 172 valence electrons. The van der Waals surface area contributed by atoms with Crippen LogP contribution >= 0.6 is 0 Å². The predicted molar refractivity (Wildman–Crippen MR) is 119 cm³/mol. The van der Waals surface area contributed by atoms with E-state index in [1.54, 1.807) is 31.8 Å². The number of aromatic nitrogens is 4. The summed E-state index contributed by atoms with van der Waals surface area (Å²) in [6.45, 7) is 2.55. The van der Waals surface area contributed by atoms with E-state index >= 15 is 0 Å². The van der Waals surface area contributed by atoms with Crippen molar-refractivity contribution in [3.05, 3.63) is 60.0 Å². The average Bonchev–Trinajstić information content (AvgIpc) is 3.40. The number of methoxy groups -OCH3 is 2. The van der Waals surface area contributed by atoms with Crippen LogP contribution in [0.2, 0.25) is 0 Å². The molecule has 9 nitrogen and oxygen atoms in total. The fraction of sp³-hybridized carbons (Fsp3) is 0.417. The molecule has 3 atom stereocenters. The van der Waals surface area contributed by atoms with Gasteiger partial charge in [0, 0.05) is 44.1 Å². The second-order valence-corrected chi connectivity index (χ2v) is 8.58. The maximum atomic E-state index is 11.7. The highest BCUT2D eigenvalue weighted by Crippen LogP contribution is 2.52. The fourth-order valence-electron chi connectivity index (χ4n) is 5.11. The van der Waals surface area contributed by atoms with Crippen molar-refractivity contribution in [2.24, 2.45) is 11.8 Å². The van der Waals surface area contributed by atoms with Crippen molar-refractivity contribution in [3.63, 3.8) is 0 Å². The first kappa shape index (κ1) is 21.5. The quantitative estimate of drug-likeness (QED) is 0.583. The Morgan fingerprint density at radius 2 is 1.82 bits per heavy atom. The van der Waals surface area contributed by atoms with Gasteiger partial charge < -0.3 is 19.3 Å². The van der Waals surface area contributed by atoms with Gasteiger partial charge >= 0.3 is 12.0 Å². The lowest BCUT2D eigenvalue weighted by Gasteiger charge is -2.31. The lowest BCUT2D eigenvalue weighted by atomic mass is 9.83. The van der Waals surface area contributed by atoms with Gasteiger partial charge in [0.2, 0.25) is 5.88 Å². The van der Waals surface area contributed by atoms with Gasteiger partial charge in [0.25, 0.3) is 0 Å². The highest BCUT2D eigenvalue weighted by atomic mass is 16.5. The van der Waals surface area contributed by atoms with E-state index in [4.69, 9.17) is 14.2 Å². The maximum absolute atomic E-state index is 11.7. The first-order valence-electron chi connectivity index (χ1n) is 11.0. The Bertz CT molecular complexity index is 1100. The Morgan fingerprint density at radius 1 is 1.03 bits per heavy atom. The minimum Gasteiger partial charge on any atom is -0.481 e. The normalized spacial score (nSPS) is 24.5. The third-order valence-electron chi connectivity index (χ3n) is 6.68. The van der Waals surface area contributed by atoms with E-state index < -0.39 is 5.60 Å². The number of rotatable bonds is 7. The number of fused-ring (bicyclic) bond motifs is 1. The molecular formula is C24H27N5O4. The third-order valence-corrected chi connectivity index (χ3v) is 6.68. The van der Waals surface area contributed by atoms with E-state index in [9.17, 15) is 5.11 Å². The molecule has 1 saturated heterocycles. The summed E-state index contributed by atoms with van der Waals surface area (Å²) >= 11 is 0. The molecule has 2 aliphatic rings. The number of hydrogen-bond donors (Lipinski definition) is 1. The largest absolute Gasteiger partial charge is 0.481 e. The molecule has 1 aliphatic carbocycles. The van der Waals surface area contributed by atoms with E-state index in [2.05, 4.69) is 37.0 Å². The summed E-state index contributed by atoms with van der Waals surface area (Å²) in [5.74, 6) is 1.59. The van der Waals surface area contributed by atoms with Crippen LogP contribution in [-0.2, 0) is 12.1 Å². The zero-order valence-electron chi connectivity index (χ0n) is 18.7. The van der Waals surface area contributed by atoms with Crippen LogP contribution in [0.5, 0.6) is 23.7 Å². The van der Waals surface area contributed by atoms with Gasteiger partial charge in [-0.15, -0.1) is 0 Å². The Hall–Kier alpha value is -3.30. The molecule has 0 unspecified atom stereocenters. The minimum absolute atomic E-state index is 0.0984. The van der Waals surface area contributed by atoms with Crippen LogP contribution in [0.1, 0.15) is 24.0 Å². The molecule has 1 aliphatic heterocycles. The van der Waals surface area contributed by atoms with Gasteiger partial charge in [-0.2, -0.15) is 4.98 Å². The highest BCUT2D eigenvalue weighted by Gasteiger charge is 2.53. The van der Waals surface area contributed by atoms with Crippen LogP contribution in [0.4, 0.5) is 0 Å². The monoisotopic (exact) mass is 449 g/mol. The number of benzene rings is 1. The molecule has 0 spiro atoms.